The van der Waals surface area contributed by atoms with Crippen LogP contribution in [0.15, 0.2) is 60.3 Å². The van der Waals surface area contributed by atoms with Crippen LogP contribution in [0.25, 0.3) is 16.5 Å². The van der Waals surface area contributed by atoms with Gasteiger partial charge in [-0.25, -0.2) is 0 Å². The number of nitrogens with one attached hydrogen (secondary N) is 1. The summed E-state index contributed by atoms with van der Waals surface area (Å²) in [5.41, 5.74) is 5.94. The van der Waals surface area contributed by atoms with Crippen LogP contribution in [0.4, 0.5) is 5.69 Å². The molecule has 0 saturated heterocycles. The minimum atomic E-state index is -0.230. The predicted octanol–water partition coefficient (Wildman–Crippen LogP) is 4.61. The second-order valence-electron chi connectivity index (χ2n) is 6.90. The summed E-state index contributed by atoms with van der Waals surface area (Å²) in [5.74, 6) is 0.404. The van der Waals surface area contributed by atoms with E-state index in [4.69, 9.17) is 0 Å². The molecule has 0 spiro atoms. The van der Waals surface area contributed by atoms with Gasteiger partial charge in [0.15, 0.2) is 5.78 Å². The fraction of sp³-hybridized carbons (Fsp3) is 0.182. The highest BCUT2D eigenvalue weighted by Gasteiger charge is 2.35. The van der Waals surface area contributed by atoms with Crippen LogP contribution in [0, 0.1) is 0 Å². The van der Waals surface area contributed by atoms with E-state index in [-0.39, 0.29) is 17.6 Å². The number of anilines is 1. The van der Waals surface area contributed by atoms with Gasteiger partial charge < -0.3 is 10.4 Å². The number of carbonyl (C=O) groups excluding carboxylic acids is 1. The number of fused-ring (bicyclic) bond motifs is 4. The number of rotatable bonds is 1. The molecule has 0 saturated carbocycles. The summed E-state index contributed by atoms with van der Waals surface area (Å²) in [6.45, 7) is 0. The first kappa shape index (κ1) is 15.1. The first-order valence-electron chi connectivity index (χ1n) is 8.92. The minimum absolute atomic E-state index is 0.193. The average Bonchev–Trinajstić information content (AvgIpc) is 2.67. The molecule has 1 aromatic heterocycles. The summed E-state index contributed by atoms with van der Waals surface area (Å²) in [7, 11) is 0. The Morgan fingerprint density at radius 3 is 2.88 bits per heavy atom. The fourth-order valence-electron chi connectivity index (χ4n) is 4.24. The van der Waals surface area contributed by atoms with Crippen LogP contribution < -0.4 is 5.32 Å². The summed E-state index contributed by atoms with van der Waals surface area (Å²) in [4.78, 5) is 17.3. The molecular weight excluding hydrogens is 324 g/mol. The lowest BCUT2D eigenvalue weighted by atomic mass is 9.77. The minimum Gasteiger partial charge on any atom is -0.508 e. The molecule has 2 aromatic carbocycles. The standard InChI is InChI=1S/C22H18N2O2/c25-14-5-1-4-13(12-14)22-21-16(6-2-8-19(21)26)20-15-7-3-11-23-17(15)9-10-18(20)24-22/h1,3-5,7,9-12,22,24-25H,2,6,8H2/t22-/m0/s1. The van der Waals surface area contributed by atoms with Crippen molar-refractivity contribution in [2.24, 2.45) is 0 Å². The Bertz CT molecular complexity index is 1080. The van der Waals surface area contributed by atoms with E-state index in [1.54, 1.807) is 18.3 Å². The van der Waals surface area contributed by atoms with Crippen molar-refractivity contribution in [2.45, 2.75) is 25.3 Å². The third-order valence-electron chi connectivity index (χ3n) is 5.34. The van der Waals surface area contributed by atoms with Crippen LogP contribution in [0.3, 0.4) is 0 Å². The first-order chi connectivity index (χ1) is 12.7. The van der Waals surface area contributed by atoms with Crippen molar-refractivity contribution < 1.29 is 9.90 Å². The Labute approximate surface area is 151 Å². The van der Waals surface area contributed by atoms with Gasteiger partial charge in [-0.05, 0) is 54.3 Å². The Balaban J connectivity index is 1.79. The number of Topliss-reactive ketones (excluding diaryl/α,β-unsaturated/α-hetero) is 1. The largest absolute Gasteiger partial charge is 0.508 e. The molecule has 0 unspecified atom stereocenters. The number of ketones is 1. The Kier molecular flexibility index (Phi) is 3.32. The maximum Gasteiger partial charge on any atom is 0.161 e. The van der Waals surface area contributed by atoms with E-state index in [0.717, 1.165) is 51.7 Å². The smallest absolute Gasteiger partial charge is 0.161 e. The van der Waals surface area contributed by atoms with Crippen molar-refractivity contribution >= 4 is 27.9 Å². The summed E-state index contributed by atoms with van der Waals surface area (Å²) >= 11 is 0. The second-order valence-corrected chi connectivity index (χ2v) is 6.90. The molecule has 26 heavy (non-hydrogen) atoms. The molecule has 2 N–H and O–H groups in total. The number of pyridine rings is 1. The zero-order valence-corrected chi connectivity index (χ0v) is 14.2. The molecule has 128 valence electrons. The van der Waals surface area contributed by atoms with Gasteiger partial charge in [0.25, 0.3) is 0 Å². The van der Waals surface area contributed by atoms with Crippen molar-refractivity contribution in [3.05, 3.63) is 71.4 Å². The van der Waals surface area contributed by atoms with Crippen molar-refractivity contribution in [3.63, 3.8) is 0 Å². The van der Waals surface area contributed by atoms with Crippen molar-refractivity contribution in [1.29, 1.82) is 0 Å². The SMILES string of the molecule is O=C1CCCC2=C1[C@H](c1cccc(O)c1)Nc1ccc3ncccc3c12. The van der Waals surface area contributed by atoms with Gasteiger partial charge in [-0.2, -0.15) is 0 Å². The molecule has 3 aromatic rings. The lowest BCUT2D eigenvalue weighted by Gasteiger charge is -2.35. The lowest BCUT2D eigenvalue weighted by molar-refractivity contribution is -0.116. The van der Waals surface area contributed by atoms with Gasteiger partial charge in [-0.1, -0.05) is 18.2 Å². The molecule has 0 amide bonds. The Morgan fingerprint density at radius 2 is 2.00 bits per heavy atom. The van der Waals surface area contributed by atoms with Gasteiger partial charge in [-0.3, -0.25) is 9.78 Å². The molecule has 2 heterocycles. The molecule has 0 radical (unpaired) electrons. The summed E-state index contributed by atoms with van der Waals surface area (Å²) in [6, 6.07) is 15.0. The number of aromatic nitrogens is 1. The molecular formula is C22H18N2O2. The average molecular weight is 342 g/mol. The summed E-state index contributed by atoms with van der Waals surface area (Å²) < 4.78 is 0. The molecule has 1 aliphatic heterocycles. The highest BCUT2D eigenvalue weighted by molar-refractivity contribution is 6.12. The van der Waals surface area contributed by atoms with E-state index in [9.17, 15) is 9.90 Å². The fourth-order valence-corrected chi connectivity index (χ4v) is 4.24. The topological polar surface area (TPSA) is 62.2 Å². The van der Waals surface area contributed by atoms with Crippen molar-refractivity contribution in [2.75, 3.05) is 5.32 Å². The lowest BCUT2D eigenvalue weighted by Crippen LogP contribution is -2.27. The quantitative estimate of drug-likeness (QED) is 0.678. The van der Waals surface area contributed by atoms with Crippen LogP contribution in [0.1, 0.15) is 36.4 Å². The molecule has 1 aliphatic carbocycles. The van der Waals surface area contributed by atoms with Gasteiger partial charge in [0.1, 0.15) is 5.75 Å². The van der Waals surface area contributed by atoms with Crippen LogP contribution in [-0.2, 0) is 4.79 Å². The van der Waals surface area contributed by atoms with Crippen LogP contribution in [-0.4, -0.2) is 15.9 Å². The van der Waals surface area contributed by atoms with Gasteiger partial charge in [0.05, 0.1) is 11.6 Å². The first-order valence-corrected chi connectivity index (χ1v) is 8.92. The predicted molar refractivity (Wildman–Crippen MR) is 102 cm³/mol. The number of hydrogen-bond acceptors (Lipinski definition) is 4. The van der Waals surface area contributed by atoms with Crippen LogP contribution in [0.2, 0.25) is 0 Å². The molecule has 2 aliphatic rings. The summed E-state index contributed by atoms with van der Waals surface area (Å²) in [5, 5.41) is 14.5. The number of aromatic hydroxyl groups is 1. The third-order valence-corrected chi connectivity index (χ3v) is 5.34. The molecule has 4 heteroatoms. The van der Waals surface area contributed by atoms with Crippen molar-refractivity contribution in [3.8, 4) is 5.75 Å². The number of phenolic OH excluding ortho intramolecular Hbond substituents is 1. The number of hydrogen-bond donors (Lipinski definition) is 2. The number of benzene rings is 2. The van der Waals surface area contributed by atoms with E-state index >= 15 is 0 Å². The van der Waals surface area contributed by atoms with E-state index in [0.29, 0.717) is 6.42 Å². The number of phenols is 1. The van der Waals surface area contributed by atoms with Crippen LogP contribution in [0.5, 0.6) is 5.75 Å². The second kappa shape index (κ2) is 5.70. The van der Waals surface area contributed by atoms with E-state index in [2.05, 4.69) is 16.4 Å². The number of nitrogens with zero attached hydrogens (tertiary/aromatic N) is 1. The molecule has 0 bridgehead atoms. The van der Waals surface area contributed by atoms with Gasteiger partial charge >= 0.3 is 0 Å². The normalized spacial score (nSPS) is 19.1. The maximum absolute atomic E-state index is 12.9. The van der Waals surface area contributed by atoms with Crippen molar-refractivity contribution in [1.82, 2.24) is 4.98 Å². The van der Waals surface area contributed by atoms with E-state index in [1.807, 2.05) is 30.3 Å². The maximum atomic E-state index is 12.9. The summed E-state index contributed by atoms with van der Waals surface area (Å²) in [6.07, 6.45) is 4.13. The molecule has 5 rings (SSSR count). The Hall–Kier alpha value is -3.14. The highest BCUT2D eigenvalue weighted by atomic mass is 16.3. The van der Waals surface area contributed by atoms with E-state index in [1.165, 1.54) is 0 Å². The van der Waals surface area contributed by atoms with Gasteiger partial charge in [0, 0.05) is 34.8 Å². The van der Waals surface area contributed by atoms with Gasteiger partial charge in [-0.15, -0.1) is 0 Å². The third kappa shape index (κ3) is 2.22. The van der Waals surface area contributed by atoms with E-state index < -0.39 is 0 Å². The molecule has 4 nitrogen and oxygen atoms in total. The molecule has 0 fully saturated rings. The number of carbonyl (C=O) groups is 1. The number of allylic oxidation sites excluding steroid dienone is 1. The zero-order valence-electron chi connectivity index (χ0n) is 14.2. The van der Waals surface area contributed by atoms with Gasteiger partial charge in [0.2, 0.25) is 0 Å². The highest BCUT2D eigenvalue weighted by Crippen LogP contribution is 2.47. The zero-order chi connectivity index (χ0) is 17.7. The molecule has 1 atom stereocenters. The monoisotopic (exact) mass is 342 g/mol. The Morgan fingerprint density at radius 1 is 1.08 bits per heavy atom. The van der Waals surface area contributed by atoms with Crippen LogP contribution >= 0.6 is 0 Å².